The summed E-state index contributed by atoms with van der Waals surface area (Å²) < 4.78 is 0. The van der Waals surface area contributed by atoms with Gasteiger partial charge in [0.25, 0.3) is 0 Å². The molecule has 0 aliphatic carbocycles. The van der Waals surface area contributed by atoms with Gasteiger partial charge in [-0.05, 0) is 38.5 Å². The van der Waals surface area contributed by atoms with Crippen molar-refractivity contribution in [2.75, 3.05) is 5.32 Å². The molecule has 19 heavy (non-hydrogen) atoms. The standard InChI is InChI=1S/C17H22N2/c1-17(2,3)19-16(14-10-6-4-7-11-14)18-15-12-8-5-9-13-15/h4-13,16,18-19H,1-3H3. The van der Waals surface area contributed by atoms with Crippen LogP contribution in [-0.4, -0.2) is 5.54 Å². The van der Waals surface area contributed by atoms with E-state index >= 15 is 0 Å². The van der Waals surface area contributed by atoms with Crippen molar-refractivity contribution in [3.05, 3.63) is 66.2 Å². The number of anilines is 1. The van der Waals surface area contributed by atoms with Crippen LogP contribution in [0.15, 0.2) is 60.7 Å². The molecule has 0 amide bonds. The van der Waals surface area contributed by atoms with Gasteiger partial charge in [0.2, 0.25) is 0 Å². The second-order valence-corrected chi connectivity index (χ2v) is 5.75. The van der Waals surface area contributed by atoms with Crippen molar-refractivity contribution in [1.29, 1.82) is 0 Å². The lowest BCUT2D eigenvalue weighted by Crippen LogP contribution is -2.42. The summed E-state index contributed by atoms with van der Waals surface area (Å²) in [7, 11) is 0. The van der Waals surface area contributed by atoms with Crippen LogP contribution in [0.25, 0.3) is 0 Å². The highest BCUT2D eigenvalue weighted by Gasteiger charge is 2.18. The summed E-state index contributed by atoms with van der Waals surface area (Å²) in [5, 5.41) is 7.15. The molecule has 0 bridgehead atoms. The Labute approximate surface area is 115 Å². The van der Waals surface area contributed by atoms with Gasteiger partial charge in [-0.15, -0.1) is 0 Å². The molecule has 0 spiro atoms. The molecule has 2 nitrogen and oxygen atoms in total. The number of hydrogen-bond acceptors (Lipinski definition) is 2. The van der Waals surface area contributed by atoms with Crippen LogP contribution < -0.4 is 10.6 Å². The summed E-state index contributed by atoms with van der Waals surface area (Å²) in [6.07, 6.45) is 0.101. The summed E-state index contributed by atoms with van der Waals surface area (Å²) in [5.41, 5.74) is 2.40. The molecule has 0 saturated carbocycles. The largest absolute Gasteiger partial charge is 0.366 e. The van der Waals surface area contributed by atoms with E-state index in [2.05, 4.69) is 67.8 Å². The molecular weight excluding hydrogens is 232 g/mol. The van der Waals surface area contributed by atoms with Crippen molar-refractivity contribution in [3.8, 4) is 0 Å². The first-order chi connectivity index (χ1) is 9.04. The van der Waals surface area contributed by atoms with Gasteiger partial charge in [-0.3, -0.25) is 5.32 Å². The molecule has 0 radical (unpaired) electrons. The number of nitrogens with one attached hydrogen (secondary N) is 2. The maximum absolute atomic E-state index is 3.61. The molecule has 0 heterocycles. The Balaban J connectivity index is 2.20. The highest BCUT2D eigenvalue weighted by Crippen LogP contribution is 2.19. The molecule has 2 aromatic rings. The summed E-state index contributed by atoms with van der Waals surface area (Å²) in [6.45, 7) is 6.53. The monoisotopic (exact) mass is 254 g/mol. The SMILES string of the molecule is CC(C)(C)NC(Nc1ccccc1)c1ccccc1. The average Bonchev–Trinajstić information content (AvgIpc) is 2.39. The highest BCUT2D eigenvalue weighted by molar-refractivity contribution is 5.45. The molecule has 2 aromatic carbocycles. The van der Waals surface area contributed by atoms with Crippen LogP contribution in [0.4, 0.5) is 5.69 Å². The molecule has 2 N–H and O–H groups in total. The van der Waals surface area contributed by atoms with Crippen LogP contribution in [0.3, 0.4) is 0 Å². The molecule has 1 unspecified atom stereocenters. The van der Waals surface area contributed by atoms with Crippen molar-refractivity contribution in [2.45, 2.75) is 32.5 Å². The maximum Gasteiger partial charge on any atom is 0.104 e. The van der Waals surface area contributed by atoms with Crippen LogP contribution in [0.2, 0.25) is 0 Å². The van der Waals surface area contributed by atoms with Crippen LogP contribution in [-0.2, 0) is 0 Å². The third-order valence-corrected chi connectivity index (χ3v) is 2.80. The zero-order valence-electron chi connectivity index (χ0n) is 11.9. The van der Waals surface area contributed by atoms with Crippen LogP contribution in [0, 0.1) is 0 Å². The fraction of sp³-hybridized carbons (Fsp3) is 0.294. The third-order valence-electron chi connectivity index (χ3n) is 2.80. The van der Waals surface area contributed by atoms with E-state index in [0.29, 0.717) is 0 Å². The molecule has 2 rings (SSSR count). The maximum atomic E-state index is 3.61. The van der Waals surface area contributed by atoms with E-state index in [1.165, 1.54) is 5.56 Å². The molecule has 0 aliphatic heterocycles. The molecule has 100 valence electrons. The first-order valence-corrected chi connectivity index (χ1v) is 6.69. The van der Waals surface area contributed by atoms with Gasteiger partial charge in [0.05, 0.1) is 0 Å². The lowest BCUT2D eigenvalue weighted by Gasteiger charge is -2.30. The molecule has 0 fully saturated rings. The number of benzene rings is 2. The lowest BCUT2D eigenvalue weighted by molar-refractivity contribution is 0.383. The van der Waals surface area contributed by atoms with Crippen LogP contribution in [0.1, 0.15) is 32.5 Å². The Kier molecular flexibility index (Phi) is 4.23. The Morgan fingerprint density at radius 1 is 0.789 bits per heavy atom. The summed E-state index contributed by atoms with van der Waals surface area (Å²) in [4.78, 5) is 0. The van der Waals surface area contributed by atoms with Crippen molar-refractivity contribution in [1.82, 2.24) is 5.32 Å². The summed E-state index contributed by atoms with van der Waals surface area (Å²) >= 11 is 0. The smallest absolute Gasteiger partial charge is 0.104 e. The highest BCUT2D eigenvalue weighted by atomic mass is 15.2. The minimum atomic E-state index is 0.0439. The predicted octanol–water partition coefficient (Wildman–Crippen LogP) is 4.19. The van der Waals surface area contributed by atoms with Crippen LogP contribution >= 0.6 is 0 Å². The Morgan fingerprint density at radius 3 is 1.84 bits per heavy atom. The lowest BCUT2D eigenvalue weighted by atomic mass is 10.1. The van der Waals surface area contributed by atoms with Gasteiger partial charge in [0.1, 0.15) is 6.17 Å². The summed E-state index contributed by atoms with van der Waals surface area (Å²) in [6, 6.07) is 20.7. The van der Waals surface area contributed by atoms with Gasteiger partial charge in [-0.25, -0.2) is 0 Å². The molecular formula is C17H22N2. The van der Waals surface area contributed by atoms with Crippen molar-refractivity contribution >= 4 is 5.69 Å². The zero-order chi connectivity index (χ0) is 13.7. The molecule has 0 saturated heterocycles. The quantitative estimate of drug-likeness (QED) is 0.800. The Bertz CT molecular complexity index is 486. The van der Waals surface area contributed by atoms with Gasteiger partial charge in [0.15, 0.2) is 0 Å². The zero-order valence-corrected chi connectivity index (χ0v) is 11.9. The number of para-hydroxylation sites is 1. The van der Waals surface area contributed by atoms with Crippen LogP contribution in [0.5, 0.6) is 0 Å². The average molecular weight is 254 g/mol. The Morgan fingerprint density at radius 2 is 1.32 bits per heavy atom. The molecule has 2 heteroatoms. The van der Waals surface area contributed by atoms with Crippen molar-refractivity contribution in [2.24, 2.45) is 0 Å². The summed E-state index contributed by atoms with van der Waals surface area (Å²) in [5.74, 6) is 0. The van der Waals surface area contributed by atoms with Gasteiger partial charge in [0, 0.05) is 11.2 Å². The normalized spacial score (nSPS) is 13.0. The van der Waals surface area contributed by atoms with Crippen molar-refractivity contribution in [3.63, 3.8) is 0 Å². The predicted molar refractivity (Wildman–Crippen MR) is 82.1 cm³/mol. The van der Waals surface area contributed by atoms with Gasteiger partial charge < -0.3 is 5.32 Å². The molecule has 0 aromatic heterocycles. The molecule has 1 atom stereocenters. The fourth-order valence-electron chi connectivity index (χ4n) is 1.98. The molecule has 0 aliphatic rings. The van der Waals surface area contributed by atoms with E-state index in [1.54, 1.807) is 0 Å². The van der Waals surface area contributed by atoms with Gasteiger partial charge >= 0.3 is 0 Å². The first-order valence-electron chi connectivity index (χ1n) is 6.69. The van der Waals surface area contributed by atoms with E-state index in [1.807, 2.05) is 24.3 Å². The van der Waals surface area contributed by atoms with E-state index < -0.39 is 0 Å². The number of rotatable bonds is 4. The van der Waals surface area contributed by atoms with Gasteiger partial charge in [-0.1, -0.05) is 48.5 Å². The third kappa shape index (κ3) is 4.42. The minimum Gasteiger partial charge on any atom is -0.366 e. The van der Waals surface area contributed by atoms with E-state index in [9.17, 15) is 0 Å². The second kappa shape index (κ2) is 5.89. The minimum absolute atomic E-state index is 0.0439. The van der Waals surface area contributed by atoms with E-state index in [0.717, 1.165) is 5.69 Å². The van der Waals surface area contributed by atoms with E-state index in [-0.39, 0.29) is 11.7 Å². The fourth-order valence-corrected chi connectivity index (χ4v) is 1.98. The Hall–Kier alpha value is -1.80. The number of hydrogen-bond donors (Lipinski definition) is 2. The first kappa shape index (κ1) is 13.6. The second-order valence-electron chi connectivity index (χ2n) is 5.75. The topological polar surface area (TPSA) is 24.1 Å². The van der Waals surface area contributed by atoms with E-state index in [4.69, 9.17) is 0 Å². The van der Waals surface area contributed by atoms with Gasteiger partial charge in [-0.2, -0.15) is 0 Å². The van der Waals surface area contributed by atoms with Crippen molar-refractivity contribution < 1.29 is 0 Å².